The smallest absolute Gasteiger partial charge is 0.257 e. The molecule has 3 rings (SSSR count). The molecule has 3 nitrogen and oxygen atoms in total. The van der Waals surface area contributed by atoms with Crippen LogP contribution < -0.4 is 10.1 Å². The number of carbonyl (C=O) groups excluding carboxylic acids is 1. The summed E-state index contributed by atoms with van der Waals surface area (Å²) in [5, 5.41) is 3.61. The fourth-order valence-electron chi connectivity index (χ4n) is 2.29. The van der Waals surface area contributed by atoms with Crippen LogP contribution in [-0.4, -0.2) is 5.91 Å². The quantitative estimate of drug-likeness (QED) is 0.612. The molecular weight excluding hydrogens is 357 g/mol. The zero-order chi connectivity index (χ0) is 17.6. The van der Waals surface area contributed by atoms with Gasteiger partial charge in [0.15, 0.2) is 0 Å². The van der Waals surface area contributed by atoms with E-state index < -0.39 is 0 Å². The molecule has 0 aliphatic rings. The number of carbonyl (C=O) groups is 1. The van der Waals surface area contributed by atoms with E-state index in [1.807, 2.05) is 48.5 Å². The van der Waals surface area contributed by atoms with E-state index in [9.17, 15) is 4.79 Å². The number of hydrogen-bond donors (Lipinski definition) is 1. The molecule has 0 atom stereocenters. The highest BCUT2D eigenvalue weighted by Crippen LogP contribution is 2.27. The Morgan fingerprint density at radius 2 is 1.64 bits per heavy atom. The minimum Gasteiger partial charge on any atom is -0.487 e. The first-order chi connectivity index (χ1) is 12.1. The maximum atomic E-state index is 12.5. The summed E-state index contributed by atoms with van der Waals surface area (Å²) in [5.74, 6) is 0.266. The third-order valence-electron chi connectivity index (χ3n) is 3.55. The van der Waals surface area contributed by atoms with Crippen molar-refractivity contribution in [2.75, 3.05) is 5.32 Å². The van der Waals surface area contributed by atoms with Crippen LogP contribution in [0, 0.1) is 0 Å². The molecule has 0 fully saturated rings. The third kappa shape index (κ3) is 4.53. The van der Waals surface area contributed by atoms with Gasteiger partial charge in [-0.2, -0.15) is 0 Å². The molecule has 3 aromatic carbocycles. The topological polar surface area (TPSA) is 38.3 Å². The normalized spacial score (nSPS) is 10.3. The zero-order valence-corrected chi connectivity index (χ0v) is 14.7. The van der Waals surface area contributed by atoms with Crippen molar-refractivity contribution in [3.05, 3.63) is 94.0 Å². The van der Waals surface area contributed by atoms with Gasteiger partial charge in [-0.25, -0.2) is 0 Å². The lowest BCUT2D eigenvalue weighted by Gasteiger charge is -2.13. The Morgan fingerprint density at radius 3 is 2.40 bits per heavy atom. The van der Waals surface area contributed by atoms with Gasteiger partial charge < -0.3 is 10.1 Å². The van der Waals surface area contributed by atoms with Crippen LogP contribution in [-0.2, 0) is 6.61 Å². The molecule has 1 N–H and O–H groups in total. The summed E-state index contributed by atoms with van der Waals surface area (Å²) in [5.41, 5.74) is 1.97. The Balaban J connectivity index is 1.75. The van der Waals surface area contributed by atoms with Crippen molar-refractivity contribution in [1.82, 2.24) is 0 Å². The van der Waals surface area contributed by atoms with Gasteiger partial charge in [-0.05, 0) is 35.9 Å². The number of para-hydroxylation sites is 2. The Morgan fingerprint density at radius 1 is 0.920 bits per heavy atom. The fourth-order valence-corrected chi connectivity index (χ4v) is 2.79. The highest BCUT2D eigenvalue weighted by molar-refractivity contribution is 6.37. The summed E-state index contributed by atoms with van der Waals surface area (Å²) in [4.78, 5) is 12.5. The molecule has 1 amide bonds. The largest absolute Gasteiger partial charge is 0.487 e. The van der Waals surface area contributed by atoms with Crippen LogP contribution in [0.15, 0.2) is 72.8 Å². The Hall–Kier alpha value is -2.49. The standard InChI is InChI=1S/C20H15Cl2NO2/c21-15-10-11-16(17(22)12-15)20(24)23-18-8-4-5-9-19(18)25-13-14-6-2-1-3-7-14/h1-12H,13H2,(H,23,24). The molecule has 0 heterocycles. The number of benzene rings is 3. The van der Waals surface area contributed by atoms with Crippen molar-refractivity contribution in [3.63, 3.8) is 0 Å². The fraction of sp³-hybridized carbons (Fsp3) is 0.0500. The summed E-state index contributed by atoms with van der Waals surface area (Å²) < 4.78 is 5.84. The number of amides is 1. The molecule has 0 bridgehead atoms. The van der Waals surface area contributed by atoms with Crippen LogP contribution in [0.25, 0.3) is 0 Å². The van der Waals surface area contributed by atoms with Crippen LogP contribution in [0.3, 0.4) is 0 Å². The summed E-state index contributed by atoms with van der Waals surface area (Å²) in [6.07, 6.45) is 0. The predicted molar refractivity (Wildman–Crippen MR) is 102 cm³/mol. The maximum Gasteiger partial charge on any atom is 0.257 e. The number of ether oxygens (including phenoxy) is 1. The van der Waals surface area contributed by atoms with Crippen LogP contribution >= 0.6 is 23.2 Å². The molecule has 0 saturated carbocycles. The van der Waals surface area contributed by atoms with Crippen molar-refractivity contribution in [2.24, 2.45) is 0 Å². The van der Waals surface area contributed by atoms with Gasteiger partial charge in [-0.15, -0.1) is 0 Å². The van der Waals surface area contributed by atoms with E-state index >= 15 is 0 Å². The first-order valence-electron chi connectivity index (χ1n) is 7.65. The van der Waals surface area contributed by atoms with Gasteiger partial charge in [-0.1, -0.05) is 65.7 Å². The van der Waals surface area contributed by atoms with E-state index in [1.54, 1.807) is 18.2 Å². The zero-order valence-electron chi connectivity index (χ0n) is 13.2. The Bertz CT molecular complexity index is 882. The van der Waals surface area contributed by atoms with Gasteiger partial charge >= 0.3 is 0 Å². The first-order valence-corrected chi connectivity index (χ1v) is 8.41. The molecule has 0 aliphatic carbocycles. The summed E-state index contributed by atoms with van der Waals surface area (Å²) in [6, 6.07) is 21.8. The van der Waals surface area contributed by atoms with Crippen LogP contribution in [0.5, 0.6) is 5.75 Å². The second kappa shape index (κ2) is 8.06. The molecule has 3 aromatic rings. The number of anilines is 1. The maximum absolute atomic E-state index is 12.5. The van der Waals surface area contributed by atoms with E-state index in [2.05, 4.69) is 5.32 Å². The van der Waals surface area contributed by atoms with Gasteiger partial charge in [0.1, 0.15) is 12.4 Å². The van der Waals surface area contributed by atoms with Gasteiger partial charge in [0.05, 0.1) is 16.3 Å². The predicted octanol–water partition coefficient (Wildman–Crippen LogP) is 5.82. The summed E-state index contributed by atoms with van der Waals surface area (Å²) in [7, 11) is 0. The highest BCUT2D eigenvalue weighted by atomic mass is 35.5. The second-order valence-electron chi connectivity index (χ2n) is 5.35. The molecule has 0 aliphatic heterocycles. The van der Waals surface area contributed by atoms with Gasteiger partial charge in [0.2, 0.25) is 0 Å². The molecule has 5 heteroatoms. The monoisotopic (exact) mass is 371 g/mol. The number of hydrogen-bond acceptors (Lipinski definition) is 2. The number of rotatable bonds is 5. The second-order valence-corrected chi connectivity index (χ2v) is 6.19. The van der Waals surface area contributed by atoms with Crippen LogP contribution in [0.4, 0.5) is 5.69 Å². The molecule has 0 unspecified atom stereocenters. The molecular formula is C20H15Cl2NO2. The van der Waals surface area contributed by atoms with Gasteiger partial charge in [0.25, 0.3) is 5.91 Å². The first kappa shape index (κ1) is 17.3. The average Bonchev–Trinajstić information content (AvgIpc) is 2.61. The van der Waals surface area contributed by atoms with E-state index in [1.165, 1.54) is 6.07 Å². The minimum absolute atomic E-state index is 0.299. The molecule has 126 valence electrons. The Kier molecular flexibility index (Phi) is 5.59. The minimum atomic E-state index is -0.322. The molecule has 0 saturated heterocycles. The molecule has 0 spiro atoms. The molecule has 25 heavy (non-hydrogen) atoms. The molecule has 0 radical (unpaired) electrons. The SMILES string of the molecule is O=C(Nc1ccccc1OCc1ccccc1)c1ccc(Cl)cc1Cl. The van der Waals surface area contributed by atoms with E-state index in [0.717, 1.165) is 5.56 Å². The average molecular weight is 372 g/mol. The van der Waals surface area contributed by atoms with Crippen molar-refractivity contribution >= 4 is 34.8 Å². The van der Waals surface area contributed by atoms with Crippen molar-refractivity contribution in [1.29, 1.82) is 0 Å². The lowest BCUT2D eigenvalue weighted by atomic mass is 10.2. The summed E-state index contributed by atoms with van der Waals surface area (Å²) in [6.45, 7) is 0.412. The number of halogens is 2. The van der Waals surface area contributed by atoms with Crippen molar-refractivity contribution < 1.29 is 9.53 Å². The summed E-state index contributed by atoms with van der Waals surface area (Å²) >= 11 is 12.0. The Labute approximate surface area is 156 Å². The highest BCUT2D eigenvalue weighted by Gasteiger charge is 2.13. The lowest BCUT2D eigenvalue weighted by Crippen LogP contribution is -2.13. The van der Waals surface area contributed by atoms with Crippen molar-refractivity contribution in [2.45, 2.75) is 6.61 Å². The van der Waals surface area contributed by atoms with E-state index in [4.69, 9.17) is 27.9 Å². The third-order valence-corrected chi connectivity index (χ3v) is 4.10. The van der Waals surface area contributed by atoms with Crippen LogP contribution in [0.2, 0.25) is 10.0 Å². The van der Waals surface area contributed by atoms with Crippen molar-refractivity contribution in [3.8, 4) is 5.75 Å². The number of nitrogens with one attached hydrogen (secondary N) is 1. The van der Waals surface area contributed by atoms with E-state index in [-0.39, 0.29) is 5.91 Å². The van der Waals surface area contributed by atoms with Crippen LogP contribution in [0.1, 0.15) is 15.9 Å². The van der Waals surface area contributed by atoms with E-state index in [0.29, 0.717) is 33.7 Å². The van der Waals surface area contributed by atoms with Gasteiger partial charge in [-0.3, -0.25) is 4.79 Å². The molecule has 0 aromatic heterocycles. The van der Waals surface area contributed by atoms with Gasteiger partial charge in [0, 0.05) is 5.02 Å². The lowest BCUT2D eigenvalue weighted by molar-refractivity contribution is 0.102.